The van der Waals surface area contributed by atoms with Crippen molar-refractivity contribution in [2.24, 2.45) is 0 Å². The topological polar surface area (TPSA) is 40.5 Å². The van der Waals surface area contributed by atoms with E-state index in [1.54, 1.807) is 3.92 Å². The Morgan fingerprint density at radius 2 is 2.00 bits per heavy atom. The molecule has 0 amide bonds. The second kappa shape index (κ2) is 3.42. The number of piperidine rings is 1. The average molecular weight is 195 g/mol. The fourth-order valence-corrected chi connectivity index (χ4v) is 1.98. The summed E-state index contributed by atoms with van der Waals surface area (Å²) in [6.07, 6.45) is 4.08. The minimum atomic E-state index is -2.57. The van der Waals surface area contributed by atoms with Gasteiger partial charge in [-0.15, -0.1) is 0 Å². The van der Waals surface area contributed by atoms with E-state index in [9.17, 15) is 3.83 Å². The summed E-state index contributed by atoms with van der Waals surface area (Å²) in [4.78, 5) is 0. The molecule has 3 nitrogen and oxygen atoms in total. The van der Waals surface area contributed by atoms with Crippen molar-refractivity contribution < 1.29 is 8.02 Å². The van der Waals surface area contributed by atoms with Crippen molar-refractivity contribution in [2.45, 2.75) is 12.8 Å². The second-order valence-electron chi connectivity index (χ2n) is 2.03. The fourth-order valence-electron chi connectivity index (χ4n) is 0.883. The zero-order valence-electron chi connectivity index (χ0n) is 5.12. The monoisotopic (exact) mass is 196 g/mol. The molecule has 1 atom stereocenters. The molecule has 0 saturated carbocycles. The van der Waals surface area contributed by atoms with Gasteiger partial charge in [0.05, 0.1) is 0 Å². The molecule has 53 valence electrons. The van der Waals surface area contributed by atoms with Crippen LogP contribution in [0.5, 0.6) is 0 Å². The summed E-state index contributed by atoms with van der Waals surface area (Å²) < 4.78 is 20.8. The molecular weight excluding hydrogens is 185 g/mol. The van der Waals surface area contributed by atoms with Crippen molar-refractivity contribution in [1.82, 2.24) is 3.92 Å². The molecule has 4 heteroatoms. The molecule has 1 aliphatic heterocycles. The third kappa shape index (κ3) is 2.14. The van der Waals surface area contributed by atoms with Crippen LogP contribution in [0.2, 0.25) is 0 Å². The van der Waals surface area contributed by atoms with Crippen LogP contribution < -0.4 is 0 Å². The molecule has 1 unspecified atom stereocenters. The summed E-state index contributed by atoms with van der Waals surface area (Å²) in [5.41, 5.74) is 0. The van der Waals surface area contributed by atoms with E-state index in [0.717, 1.165) is 25.9 Å². The third-order valence-electron chi connectivity index (χ3n) is 1.39. The first-order valence-corrected chi connectivity index (χ1v) is 5.21. The van der Waals surface area contributed by atoms with E-state index < -0.39 is 14.4 Å². The molecule has 1 radical (unpaired) electrons. The summed E-state index contributed by atoms with van der Waals surface area (Å²) >= 11 is -2.57. The van der Waals surface area contributed by atoms with E-state index >= 15 is 0 Å². The molecular formula is C5H10NO2Se. The molecule has 1 heterocycles. The van der Waals surface area contributed by atoms with E-state index in [-0.39, 0.29) is 0 Å². The molecule has 1 fully saturated rings. The normalized spacial score (nSPS) is 25.9. The molecule has 0 aromatic carbocycles. The van der Waals surface area contributed by atoms with Gasteiger partial charge in [0.1, 0.15) is 0 Å². The Kier molecular flexibility index (Phi) is 2.79. The van der Waals surface area contributed by atoms with Crippen LogP contribution in [0.15, 0.2) is 0 Å². The third-order valence-corrected chi connectivity index (χ3v) is 3.08. The van der Waals surface area contributed by atoms with Crippen molar-refractivity contribution in [3.63, 3.8) is 0 Å². The molecule has 9 heavy (non-hydrogen) atoms. The van der Waals surface area contributed by atoms with Gasteiger partial charge in [-0.25, -0.2) is 0 Å². The van der Waals surface area contributed by atoms with Gasteiger partial charge in [0.15, 0.2) is 0 Å². The van der Waals surface area contributed by atoms with E-state index in [1.165, 1.54) is 0 Å². The van der Waals surface area contributed by atoms with E-state index in [1.807, 2.05) is 0 Å². The standard InChI is InChI=1S/C5H10NO2Se/c7-9(8)6-4-2-1-3-5-6/h1H,2-5H2,(H,7,8). The van der Waals surface area contributed by atoms with Gasteiger partial charge < -0.3 is 0 Å². The van der Waals surface area contributed by atoms with Gasteiger partial charge in [0.2, 0.25) is 0 Å². The first-order chi connectivity index (χ1) is 4.30. The molecule has 1 saturated heterocycles. The summed E-state index contributed by atoms with van der Waals surface area (Å²) in [6, 6.07) is 0. The van der Waals surface area contributed by atoms with E-state index in [2.05, 4.69) is 6.42 Å². The SMILES string of the molecule is O=[Se](O)N1CC[CH]CC1. The molecule has 1 rings (SSSR count). The zero-order valence-corrected chi connectivity index (χ0v) is 6.83. The molecule has 0 aromatic heterocycles. The summed E-state index contributed by atoms with van der Waals surface area (Å²) in [5, 5.41) is 0. The maximum absolute atomic E-state index is 10.5. The number of hydrogen-bond acceptors (Lipinski definition) is 1. The van der Waals surface area contributed by atoms with Gasteiger partial charge in [0, 0.05) is 0 Å². The van der Waals surface area contributed by atoms with E-state index in [0.29, 0.717) is 0 Å². The van der Waals surface area contributed by atoms with E-state index in [4.69, 9.17) is 4.19 Å². The number of rotatable bonds is 1. The Morgan fingerprint density at radius 1 is 1.44 bits per heavy atom. The van der Waals surface area contributed by atoms with Crippen LogP contribution in [0.25, 0.3) is 0 Å². The van der Waals surface area contributed by atoms with Crippen LogP contribution in [-0.2, 0) is 3.83 Å². The van der Waals surface area contributed by atoms with Crippen LogP contribution in [0.1, 0.15) is 12.8 Å². The predicted molar refractivity (Wildman–Crippen MR) is 33.8 cm³/mol. The summed E-state index contributed by atoms with van der Waals surface area (Å²) in [6.45, 7) is 1.54. The second-order valence-corrected chi connectivity index (χ2v) is 4.08. The van der Waals surface area contributed by atoms with Crippen LogP contribution in [0, 0.1) is 6.42 Å². The average Bonchev–Trinajstić information content (AvgIpc) is 1.90. The van der Waals surface area contributed by atoms with Crippen LogP contribution in [-0.4, -0.2) is 35.6 Å². The van der Waals surface area contributed by atoms with Crippen molar-refractivity contribution in [1.29, 1.82) is 0 Å². The van der Waals surface area contributed by atoms with Crippen LogP contribution in [0.3, 0.4) is 0 Å². The Hall–Kier alpha value is 0.239. The molecule has 0 spiro atoms. The molecule has 1 aliphatic rings. The number of hydrogen-bond donors (Lipinski definition) is 1. The van der Waals surface area contributed by atoms with Crippen molar-refractivity contribution in [2.75, 3.05) is 13.1 Å². The summed E-state index contributed by atoms with van der Waals surface area (Å²) in [5.74, 6) is 0. The van der Waals surface area contributed by atoms with Gasteiger partial charge in [0.25, 0.3) is 0 Å². The van der Waals surface area contributed by atoms with Gasteiger partial charge in [-0.3, -0.25) is 0 Å². The minimum absolute atomic E-state index is 0.769. The van der Waals surface area contributed by atoms with Crippen molar-refractivity contribution >= 4 is 14.4 Å². The van der Waals surface area contributed by atoms with Gasteiger partial charge >= 0.3 is 58.7 Å². The quantitative estimate of drug-likeness (QED) is 0.583. The van der Waals surface area contributed by atoms with Gasteiger partial charge in [-0.05, 0) is 0 Å². The Balaban J connectivity index is 2.31. The molecule has 0 aromatic rings. The van der Waals surface area contributed by atoms with Crippen LogP contribution in [0.4, 0.5) is 0 Å². The molecule has 0 aliphatic carbocycles. The fraction of sp³-hybridized carbons (Fsp3) is 0.800. The summed E-state index contributed by atoms with van der Waals surface area (Å²) in [7, 11) is 0. The van der Waals surface area contributed by atoms with Crippen molar-refractivity contribution in [3.05, 3.63) is 6.42 Å². The number of nitrogens with zero attached hydrogens (tertiary/aromatic N) is 1. The zero-order chi connectivity index (χ0) is 6.69. The Morgan fingerprint density at radius 3 is 2.33 bits per heavy atom. The molecule has 0 bridgehead atoms. The predicted octanol–water partition coefficient (Wildman–Crippen LogP) is -0.306. The Labute approximate surface area is 59.3 Å². The molecule has 1 N–H and O–H groups in total. The Bertz CT molecular complexity index is 112. The van der Waals surface area contributed by atoms with Gasteiger partial charge in [-0.2, -0.15) is 0 Å². The first kappa shape index (κ1) is 7.35. The van der Waals surface area contributed by atoms with Crippen LogP contribution >= 0.6 is 0 Å². The maximum atomic E-state index is 10.5. The van der Waals surface area contributed by atoms with Crippen molar-refractivity contribution in [3.8, 4) is 0 Å². The first-order valence-electron chi connectivity index (χ1n) is 2.98. The van der Waals surface area contributed by atoms with Gasteiger partial charge in [-0.1, -0.05) is 0 Å².